The first-order valence-electron chi connectivity index (χ1n) is 8.21. The topological polar surface area (TPSA) is 66.4 Å². The zero-order valence-electron chi connectivity index (χ0n) is 14.2. The van der Waals surface area contributed by atoms with E-state index in [4.69, 9.17) is 5.11 Å². The Balaban J connectivity index is 1.89. The molecule has 0 saturated heterocycles. The monoisotopic (exact) mass is 347 g/mol. The number of aliphatic hydroxyl groups excluding tert-OH is 1. The molecule has 1 unspecified atom stereocenters. The van der Waals surface area contributed by atoms with Gasteiger partial charge in [0, 0.05) is 6.04 Å². The highest BCUT2D eigenvalue weighted by atomic mass is 32.2. The summed E-state index contributed by atoms with van der Waals surface area (Å²) in [5.74, 6) is 0.120. The molecule has 0 bridgehead atoms. The second-order valence-corrected chi connectivity index (χ2v) is 8.15. The highest BCUT2D eigenvalue weighted by molar-refractivity contribution is 7.91. The van der Waals surface area contributed by atoms with E-state index in [1.54, 1.807) is 19.1 Å². The lowest BCUT2D eigenvalue weighted by Gasteiger charge is -2.15. The third kappa shape index (κ3) is 4.90. The van der Waals surface area contributed by atoms with Gasteiger partial charge in [0.05, 0.1) is 17.3 Å². The average molecular weight is 347 g/mol. The molecule has 0 aliphatic rings. The summed E-state index contributed by atoms with van der Waals surface area (Å²) in [7, 11) is -3.14. The number of rotatable bonds is 8. The normalized spacial score (nSPS) is 13.0. The predicted octanol–water partition coefficient (Wildman–Crippen LogP) is 2.87. The summed E-state index contributed by atoms with van der Waals surface area (Å²) in [6.07, 6.45) is 0.901. The van der Waals surface area contributed by atoms with Crippen LogP contribution in [-0.2, 0) is 22.9 Å². The molecular weight excluding hydrogens is 322 g/mol. The van der Waals surface area contributed by atoms with Crippen LogP contribution in [0.15, 0.2) is 53.4 Å². The van der Waals surface area contributed by atoms with Gasteiger partial charge in [-0.2, -0.15) is 0 Å². The Hall–Kier alpha value is -1.69. The third-order valence-corrected chi connectivity index (χ3v) is 5.94. The lowest BCUT2D eigenvalue weighted by atomic mass is 10.1. The fourth-order valence-corrected chi connectivity index (χ4v) is 3.38. The molecule has 0 saturated carbocycles. The van der Waals surface area contributed by atoms with Crippen molar-refractivity contribution in [1.82, 2.24) is 5.32 Å². The van der Waals surface area contributed by atoms with Crippen molar-refractivity contribution in [2.75, 3.05) is 12.3 Å². The molecule has 24 heavy (non-hydrogen) atoms. The zero-order valence-corrected chi connectivity index (χ0v) is 15.0. The van der Waals surface area contributed by atoms with E-state index in [-0.39, 0.29) is 18.4 Å². The largest absolute Gasteiger partial charge is 0.392 e. The van der Waals surface area contributed by atoms with Gasteiger partial charge in [0.25, 0.3) is 0 Å². The summed E-state index contributed by atoms with van der Waals surface area (Å²) in [6, 6.07) is 15.2. The van der Waals surface area contributed by atoms with Crippen molar-refractivity contribution in [2.45, 2.75) is 37.8 Å². The number of aliphatic hydroxyl groups is 1. The maximum absolute atomic E-state index is 11.8. The Labute approximate surface area is 144 Å². The first-order valence-corrected chi connectivity index (χ1v) is 9.86. The van der Waals surface area contributed by atoms with Crippen molar-refractivity contribution in [1.29, 1.82) is 0 Å². The van der Waals surface area contributed by atoms with Crippen LogP contribution in [0, 0.1) is 0 Å². The lowest BCUT2D eigenvalue weighted by molar-refractivity contribution is 0.282. The van der Waals surface area contributed by atoms with E-state index < -0.39 is 9.84 Å². The molecule has 0 aromatic heterocycles. The van der Waals surface area contributed by atoms with Gasteiger partial charge < -0.3 is 10.4 Å². The minimum Gasteiger partial charge on any atom is -0.392 e. The smallest absolute Gasteiger partial charge is 0.178 e. The Morgan fingerprint density at radius 1 is 1.00 bits per heavy atom. The Bertz CT molecular complexity index is 737. The van der Waals surface area contributed by atoms with E-state index in [0.29, 0.717) is 4.90 Å². The number of hydrogen-bond donors (Lipinski definition) is 2. The molecule has 0 heterocycles. The SMILES string of the molecule is CCS(=O)(=O)c1ccc(C(C)NCCc2ccc(CO)cc2)cc1. The molecule has 0 radical (unpaired) electrons. The summed E-state index contributed by atoms with van der Waals surface area (Å²) < 4.78 is 23.7. The van der Waals surface area contributed by atoms with E-state index in [1.807, 2.05) is 36.4 Å². The van der Waals surface area contributed by atoms with E-state index in [1.165, 1.54) is 5.56 Å². The zero-order chi connectivity index (χ0) is 17.6. The molecule has 0 spiro atoms. The molecular formula is C19H25NO3S. The molecule has 0 amide bonds. The first kappa shape index (κ1) is 18.6. The van der Waals surface area contributed by atoms with Crippen molar-refractivity contribution in [3.05, 3.63) is 65.2 Å². The van der Waals surface area contributed by atoms with Gasteiger partial charge in [-0.25, -0.2) is 8.42 Å². The maximum Gasteiger partial charge on any atom is 0.178 e. The summed E-state index contributed by atoms with van der Waals surface area (Å²) in [4.78, 5) is 0.380. The average Bonchev–Trinajstić information content (AvgIpc) is 2.62. The van der Waals surface area contributed by atoms with Crippen LogP contribution in [0.4, 0.5) is 0 Å². The fraction of sp³-hybridized carbons (Fsp3) is 0.368. The minimum absolute atomic E-state index is 0.0688. The summed E-state index contributed by atoms with van der Waals surface area (Å²) in [5, 5.41) is 12.5. The second kappa shape index (κ2) is 8.42. The number of sulfone groups is 1. The van der Waals surface area contributed by atoms with Crippen LogP contribution in [-0.4, -0.2) is 25.8 Å². The van der Waals surface area contributed by atoms with Gasteiger partial charge >= 0.3 is 0 Å². The van der Waals surface area contributed by atoms with Crippen molar-refractivity contribution < 1.29 is 13.5 Å². The van der Waals surface area contributed by atoms with Crippen molar-refractivity contribution in [3.8, 4) is 0 Å². The van der Waals surface area contributed by atoms with Gasteiger partial charge in [-0.15, -0.1) is 0 Å². The molecule has 2 aromatic carbocycles. The summed E-state index contributed by atoms with van der Waals surface area (Å²) >= 11 is 0. The molecule has 0 aliphatic carbocycles. The Morgan fingerprint density at radius 2 is 1.58 bits per heavy atom. The van der Waals surface area contributed by atoms with E-state index in [9.17, 15) is 8.42 Å². The third-order valence-electron chi connectivity index (χ3n) is 4.19. The summed E-state index contributed by atoms with van der Waals surface area (Å²) in [5.41, 5.74) is 3.21. The fourth-order valence-electron chi connectivity index (χ4n) is 2.49. The van der Waals surface area contributed by atoms with Gasteiger partial charge in [0.1, 0.15) is 0 Å². The van der Waals surface area contributed by atoms with Gasteiger partial charge in [-0.3, -0.25) is 0 Å². The highest BCUT2D eigenvalue weighted by Gasteiger charge is 2.12. The van der Waals surface area contributed by atoms with Gasteiger partial charge in [0.15, 0.2) is 9.84 Å². The van der Waals surface area contributed by atoms with E-state index in [0.717, 1.165) is 24.1 Å². The van der Waals surface area contributed by atoms with Crippen LogP contribution in [0.2, 0.25) is 0 Å². The van der Waals surface area contributed by atoms with Gasteiger partial charge in [-0.1, -0.05) is 43.3 Å². The van der Waals surface area contributed by atoms with Crippen LogP contribution in [0.3, 0.4) is 0 Å². The van der Waals surface area contributed by atoms with Crippen molar-refractivity contribution in [2.24, 2.45) is 0 Å². The molecule has 0 aliphatic heterocycles. The minimum atomic E-state index is -3.14. The van der Waals surface area contributed by atoms with Crippen LogP contribution < -0.4 is 5.32 Å². The van der Waals surface area contributed by atoms with Crippen LogP contribution in [0.25, 0.3) is 0 Å². The number of hydrogen-bond acceptors (Lipinski definition) is 4. The van der Waals surface area contributed by atoms with Crippen molar-refractivity contribution >= 4 is 9.84 Å². The van der Waals surface area contributed by atoms with Crippen LogP contribution >= 0.6 is 0 Å². The Kier molecular flexibility index (Phi) is 6.54. The van der Waals surface area contributed by atoms with Crippen LogP contribution in [0.5, 0.6) is 0 Å². The quantitative estimate of drug-likeness (QED) is 0.771. The Morgan fingerprint density at radius 3 is 2.12 bits per heavy atom. The number of nitrogens with one attached hydrogen (secondary N) is 1. The molecule has 2 rings (SSSR count). The van der Waals surface area contributed by atoms with Gasteiger partial charge in [-0.05, 0) is 48.7 Å². The molecule has 130 valence electrons. The lowest BCUT2D eigenvalue weighted by Crippen LogP contribution is -2.21. The molecule has 5 heteroatoms. The molecule has 2 N–H and O–H groups in total. The molecule has 2 aromatic rings. The number of benzene rings is 2. The van der Waals surface area contributed by atoms with Gasteiger partial charge in [0.2, 0.25) is 0 Å². The highest BCUT2D eigenvalue weighted by Crippen LogP contribution is 2.17. The van der Waals surface area contributed by atoms with Crippen molar-refractivity contribution in [3.63, 3.8) is 0 Å². The molecule has 1 atom stereocenters. The second-order valence-electron chi connectivity index (χ2n) is 5.87. The maximum atomic E-state index is 11.8. The van der Waals surface area contributed by atoms with Crippen LogP contribution in [0.1, 0.15) is 36.6 Å². The summed E-state index contributed by atoms with van der Waals surface area (Å²) in [6.45, 7) is 4.62. The van der Waals surface area contributed by atoms with E-state index in [2.05, 4.69) is 12.2 Å². The first-order chi connectivity index (χ1) is 11.5. The van der Waals surface area contributed by atoms with E-state index >= 15 is 0 Å². The predicted molar refractivity (Wildman–Crippen MR) is 96.7 cm³/mol. The molecule has 0 fully saturated rings. The standard InChI is InChI=1S/C19H25NO3S/c1-3-24(22,23)19-10-8-18(9-11-19)15(2)20-13-12-16-4-6-17(14-21)7-5-16/h4-11,15,20-21H,3,12-14H2,1-2H3. The molecule has 4 nitrogen and oxygen atoms in total.